The van der Waals surface area contributed by atoms with Crippen molar-refractivity contribution in [2.24, 2.45) is 4.99 Å². The highest BCUT2D eigenvalue weighted by atomic mass is 16.5. The van der Waals surface area contributed by atoms with Gasteiger partial charge in [0.25, 0.3) is 5.91 Å². The van der Waals surface area contributed by atoms with Gasteiger partial charge in [0.15, 0.2) is 5.96 Å². The molecule has 5 heteroatoms. The lowest BCUT2D eigenvalue weighted by Crippen LogP contribution is -2.47. The van der Waals surface area contributed by atoms with E-state index in [-0.39, 0.29) is 5.91 Å². The van der Waals surface area contributed by atoms with E-state index in [2.05, 4.69) is 10.6 Å². The number of nitrogens with zero attached hydrogens (tertiary/aromatic N) is 1. The molecule has 0 aliphatic heterocycles. The predicted octanol–water partition coefficient (Wildman–Crippen LogP) is 4.04. The van der Waals surface area contributed by atoms with Crippen molar-refractivity contribution in [2.75, 3.05) is 7.11 Å². The molecule has 0 bridgehead atoms. The minimum Gasteiger partial charge on any atom is -0.497 e. The fourth-order valence-corrected chi connectivity index (χ4v) is 3.86. The van der Waals surface area contributed by atoms with Crippen LogP contribution in [0.3, 0.4) is 0 Å². The van der Waals surface area contributed by atoms with Crippen molar-refractivity contribution in [3.8, 4) is 5.75 Å². The van der Waals surface area contributed by atoms with Gasteiger partial charge in [0.05, 0.1) is 13.2 Å². The third-order valence-electron chi connectivity index (χ3n) is 5.42. The van der Waals surface area contributed by atoms with E-state index in [4.69, 9.17) is 9.73 Å². The van der Waals surface area contributed by atoms with Gasteiger partial charge in [0.1, 0.15) is 5.75 Å². The van der Waals surface area contributed by atoms with E-state index in [1.54, 1.807) is 31.4 Å². The second-order valence-electron chi connectivity index (χ2n) is 7.43. The van der Waals surface area contributed by atoms with Crippen LogP contribution in [0.4, 0.5) is 0 Å². The molecule has 0 saturated heterocycles. The highest BCUT2D eigenvalue weighted by Gasteiger charge is 2.19. The summed E-state index contributed by atoms with van der Waals surface area (Å²) >= 11 is 0. The van der Waals surface area contributed by atoms with Crippen molar-refractivity contribution < 1.29 is 9.53 Å². The molecule has 2 aliphatic carbocycles. The summed E-state index contributed by atoms with van der Waals surface area (Å²) < 4.78 is 5.16. The molecular weight excluding hydrogens is 326 g/mol. The minimum absolute atomic E-state index is 0.120. The van der Waals surface area contributed by atoms with Gasteiger partial charge in [-0.1, -0.05) is 38.5 Å². The lowest BCUT2D eigenvalue weighted by atomic mass is 9.95. The van der Waals surface area contributed by atoms with E-state index >= 15 is 0 Å². The topological polar surface area (TPSA) is 62.7 Å². The van der Waals surface area contributed by atoms with Crippen LogP contribution >= 0.6 is 0 Å². The maximum atomic E-state index is 12.7. The number of nitrogens with one attached hydrogen (secondary N) is 2. The van der Waals surface area contributed by atoms with E-state index in [0.29, 0.717) is 23.6 Å². The molecule has 2 saturated carbocycles. The number of carbonyl (C=O) groups excluding carboxylic acids is 1. The van der Waals surface area contributed by atoms with Crippen molar-refractivity contribution in [1.29, 1.82) is 0 Å². The Bertz CT molecular complexity index is 600. The number of methoxy groups -OCH3 is 1. The summed E-state index contributed by atoms with van der Waals surface area (Å²) in [5.41, 5.74) is 0.618. The van der Waals surface area contributed by atoms with E-state index in [1.165, 1.54) is 38.5 Å². The first-order valence-electron chi connectivity index (χ1n) is 10.0. The Labute approximate surface area is 156 Å². The summed E-state index contributed by atoms with van der Waals surface area (Å²) in [6, 6.07) is 7.93. The highest BCUT2D eigenvalue weighted by molar-refractivity contribution is 6.05. The molecule has 0 aromatic heterocycles. The van der Waals surface area contributed by atoms with Gasteiger partial charge in [0.2, 0.25) is 0 Å². The first-order valence-corrected chi connectivity index (χ1v) is 10.0. The Morgan fingerprint density at radius 3 is 2.19 bits per heavy atom. The van der Waals surface area contributed by atoms with Gasteiger partial charge in [-0.2, -0.15) is 0 Å². The molecule has 26 heavy (non-hydrogen) atoms. The first-order chi connectivity index (χ1) is 12.7. The van der Waals surface area contributed by atoms with Crippen molar-refractivity contribution in [2.45, 2.75) is 76.3 Å². The molecule has 142 valence electrons. The standard InChI is InChI=1S/C21H31N3O2/c1-26-19-14-12-16(13-15-19)20(25)24-21(22-17-8-4-2-5-9-17)23-18-10-6-3-7-11-18/h12-15,17-18H,2-11H2,1H3,(H2,22,23,24,25). The van der Waals surface area contributed by atoms with Crippen molar-refractivity contribution in [3.63, 3.8) is 0 Å². The summed E-state index contributed by atoms with van der Waals surface area (Å²) in [6.07, 6.45) is 12.1. The van der Waals surface area contributed by atoms with E-state index in [0.717, 1.165) is 31.4 Å². The lowest BCUT2D eigenvalue weighted by molar-refractivity contribution is 0.0975. The molecule has 2 aliphatic rings. The van der Waals surface area contributed by atoms with Crippen LogP contribution in [0.5, 0.6) is 5.75 Å². The van der Waals surface area contributed by atoms with Crippen LogP contribution < -0.4 is 15.4 Å². The Balaban J connectivity index is 1.68. The monoisotopic (exact) mass is 357 g/mol. The average Bonchev–Trinajstić information content (AvgIpc) is 2.69. The van der Waals surface area contributed by atoms with E-state index in [1.807, 2.05) is 0 Å². The van der Waals surface area contributed by atoms with Crippen molar-refractivity contribution in [1.82, 2.24) is 10.6 Å². The summed E-state index contributed by atoms with van der Waals surface area (Å²) in [5, 5.41) is 6.54. The highest BCUT2D eigenvalue weighted by Crippen LogP contribution is 2.21. The van der Waals surface area contributed by atoms with Gasteiger partial charge >= 0.3 is 0 Å². The van der Waals surface area contributed by atoms with Gasteiger partial charge < -0.3 is 10.1 Å². The molecular formula is C21H31N3O2. The molecule has 3 rings (SSSR count). The number of carbonyl (C=O) groups is 1. The maximum absolute atomic E-state index is 12.7. The van der Waals surface area contributed by atoms with E-state index in [9.17, 15) is 4.79 Å². The van der Waals surface area contributed by atoms with Gasteiger partial charge in [-0.15, -0.1) is 0 Å². The fourth-order valence-electron chi connectivity index (χ4n) is 3.86. The summed E-state index contributed by atoms with van der Waals surface area (Å²) in [4.78, 5) is 17.5. The maximum Gasteiger partial charge on any atom is 0.257 e. The molecule has 2 N–H and O–H groups in total. The quantitative estimate of drug-likeness (QED) is 0.631. The van der Waals surface area contributed by atoms with E-state index < -0.39 is 0 Å². The zero-order valence-electron chi connectivity index (χ0n) is 15.8. The molecule has 0 spiro atoms. The number of ether oxygens (including phenoxy) is 1. The molecule has 1 amide bonds. The number of guanidine groups is 1. The van der Waals surface area contributed by atoms with Crippen LogP contribution in [0.15, 0.2) is 29.3 Å². The van der Waals surface area contributed by atoms with Crippen molar-refractivity contribution >= 4 is 11.9 Å². The van der Waals surface area contributed by atoms with Crippen LogP contribution in [-0.2, 0) is 0 Å². The summed E-state index contributed by atoms with van der Waals surface area (Å²) in [7, 11) is 1.62. The van der Waals surface area contributed by atoms with Crippen LogP contribution in [-0.4, -0.2) is 31.1 Å². The second kappa shape index (κ2) is 9.60. The smallest absolute Gasteiger partial charge is 0.257 e. The lowest BCUT2D eigenvalue weighted by Gasteiger charge is -2.26. The third kappa shape index (κ3) is 5.48. The largest absolute Gasteiger partial charge is 0.497 e. The number of benzene rings is 1. The predicted molar refractivity (Wildman–Crippen MR) is 105 cm³/mol. The number of hydrogen-bond donors (Lipinski definition) is 2. The molecule has 5 nitrogen and oxygen atoms in total. The van der Waals surface area contributed by atoms with Gasteiger partial charge in [-0.3, -0.25) is 10.1 Å². The number of rotatable bonds is 4. The fraction of sp³-hybridized carbons (Fsp3) is 0.619. The first kappa shape index (κ1) is 18.7. The van der Waals surface area contributed by atoms with Gasteiger partial charge in [-0.05, 0) is 49.9 Å². The summed E-state index contributed by atoms with van der Waals surface area (Å²) in [6.45, 7) is 0. The zero-order chi connectivity index (χ0) is 18.2. The molecule has 0 unspecified atom stereocenters. The average molecular weight is 357 g/mol. The molecule has 1 aromatic carbocycles. The van der Waals surface area contributed by atoms with Crippen molar-refractivity contribution in [3.05, 3.63) is 29.8 Å². The number of hydrogen-bond acceptors (Lipinski definition) is 3. The molecule has 2 fully saturated rings. The Hall–Kier alpha value is -2.04. The van der Waals surface area contributed by atoms with Crippen LogP contribution in [0, 0.1) is 0 Å². The van der Waals surface area contributed by atoms with Gasteiger partial charge in [-0.25, -0.2) is 4.99 Å². The number of aliphatic imine (C=N–C) groups is 1. The Morgan fingerprint density at radius 2 is 1.58 bits per heavy atom. The van der Waals surface area contributed by atoms with Crippen LogP contribution in [0.1, 0.15) is 74.6 Å². The molecule has 0 heterocycles. The minimum atomic E-state index is -0.120. The molecule has 0 atom stereocenters. The normalized spacial score (nSPS) is 19.8. The molecule has 0 radical (unpaired) electrons. The van der Waals surface area contributed by atoms with Crippen LogP contribution in [0.25, 0.3) is 0 Å². The molecule has 1 aromatic rings. The number of amides is 1. The summed E-state index contributed by atoms with van der Waals surface area (Å²) in [5.74, 6) is 1.29. The second-order valence-corrected chi connectivity index (χ2v) is 7.43. The zero-order valence-corrected chi connectivity index (χ0v) is 15.8. The Kier molecular flexibility index (Phi) is 6.92. The van der Waals surface area contributed by atoms with Gasteiger partial charge in [0, 0.05) is 11.6 Å². The SMILES string of the molecule is COc1ccc(C(=O)NC(=NC2CCCCC2)NC2CCCCC2)cc1. The Morgan fingerprint density at radius 1 is 0.962 bits per heavy atom. The van der Waals surface area contributed by atoms with Crippen LogP contribution in [0.2, 0.25) is 0 Å². The third-order valence-corrected chi connectivity index (χ3v) is 5.42.